The lowest BCUT2D eigenvalue weighted by Gasteiger charge is -2.38. The molecule has 1 amide bonds. The summed E-state index contributed by atoms with van der Waals surface area (Å²) >= 11 is 0. The quantitative estimate of drug-likeness (QED) is 0.760. The predicted octanol–water partition coefficient (Wildman–Crippen LogP) is 2.70. The Morgan fingerprint density at radius 3 is 2.00 bits per heavy atom. The molecule has 180 valence electrons. The molecule has 0 unspecified atom stereocenters. The fourth-order valence-electron chi connectivity index (χ4n) is 3.75. The zero-order valence-electron chi connectivity index (χ0n) is 20.3. The molecule has 0 bridgehead atoms. The number of piperazine rings is 1. The van der Waals surface area contributed by atoms with E-state index in [-0.39, 0.29) is 11.4 Å². The number of nitrogens with zero attached hydrogens (tertiary/aromatic N) is 4. The smallest absolute Gasteiger partial charge is 0.256 e. The maximum Gasteiger partial charge on any atom is 0.256 e. The largest absolute Gasteiger partial charge is 0.412 e. The second kappa shape index (κ2) is 13.4. The average molecular weight is 457 g/mol. The summed E-state index contributed by atoms with van der Waals surface area (Å²) in [6, 6.07) is 14.2. The first-order chi connectivity index (χ1) is 15.6. The zero-order valence-corrected chi connectivity index (χ0v) is 20.3. The van der Waals surface area contributed by atoms with Crippen LogP contribution in [0.25, 0.3) is 0 Å². The van der Waals surface area contributed by atoms with Gasteiger partial charge in [-0.1, -0.05) is 31.5 Å². The average Bonchev–Trinajstić information content (AvgIpc) is 2.81. The Balaban J connectivity index is 0.00000103. The maximum absolute atomic E-state index is 13.2. The number of aliphatic hydroxyl groups excluding tert-OH is 1. The third-order valence-corrected chi connectivity index (χ3v) is 5.37. The molecule has 0 spiro atoms. The molecule has 0 radical (unpaired) electrons. The molecule has 0 aliphatic carbocycles. The van der Waals surface area contributed by atoms with Crippen LogP contribution in [0.5, 0.6) is 0 Å². The molecule has 3 N–H and O–H groups in total. The number of benzene rings is 2. The molecule has 0 saturated carbocycles. The van der Waals surface area contributed by atoms with Crippen LogP contribution in [0.3, 0.4) is 0 Å². The molecule has 2 aliphatic rings. The molecule has 2 aliphatic heterocycles. The monoisotopic (exact) mass is 456 g/mol. The number of hydrogen-bond donors (Lipinski definition) is 1. The molecule has 2 aromatic carbocycles. The van der Waals surface area contributed by atoms with Gasteiger partial charge in [-0.15, -0.1) is 0 Å². The highest BCUT2D eigenvalue weighted by molar-refractivity contribution is 6.00. The molecule has 0 atom stereocenters. The minimum Gasteiger partial charge on any atom is -0.412 e. The molecular weight excluding hydrogens is 420 g/mol. The highest BCUT2D eigenvalue weighted by Crippen LogP contribution is 2.28. The molecule has 33 heavy (non-hydrogen) atoms. The van der Waals surface area contributed by atoms with Crippen molar-refractivity contribution in [3.63, 3.8) is 0 Å². The number of hydroxylamine groups is 1. The van der Waals surface area contributed by atoms with Crippen molar-refractivity contribution in [3.05, 3.63) is 58.7 Å². The van der Waals surface area contributed by atoms with Crippen molar-refractivity contribution in [3.8, 4) is 6.07 Å². The fraction of sp³-hybridized carbons (Fsp3) is 0.440. The van der Waals surface area contributed by atoms with Crippen LogP contribution in [-0.4, -0.2) is 67.8 Å². The first-order valence-electron chi connectivity index (χ1n) is 11.1. The summed E-state index contributed by atoms with van der Waals surface area (Å²) in [6.45, 7) is 12.2. The fourth-order valence-corrected chi connectivity index (χ4v) is 3.75. The van der Waals surface area contributed by atoms with Crippen molar-refractivity contribution < 1.29 is 20.2 Å². The number of amides is 1. The van der Waals surface area contributed by atoms with Gasteiger partial charge in [0.2, 0.25) is 0 Å². The van der Waals surface area contributed by atoms with Crippen LogP contribution in [0, 0.1) is 25.2 Å². The van der Waals surface area contributed by atoms with Gasteiger partial charge < -0.3 is 20.4 Å². The highest BCUT2D eigenvalue weighted by atomic mass is 16.7. The van der Waals surface area contributed by atoms with E-state index in [4.69, 9.17) is 9.94 Å². The number of carbonyl (C=O) groups is 1. The minimum absolute atomic E-state index is 0. The molecule has 2 aromatic rings. The Kier molecular flexibility index (Phi) is 11.4. The van der Waals surface area contributed by atoms with Crippen molar-refractivity contribution in [2.75, 3.05) is 56.4 Å². The molecule has 2 saturated heterocycles. The number of anilines is 2. The van der Waals surface area contributed by atoms with Gasteiger partial charge in [0.1, 0.15) is 6.07 Å². The Morgan fingerprint density at radius 1 is 0.939 bits per heavy atom. The number of hydrogen-bond acceptors (Lipinski definition) is 6. The molecule has 2 heterocycles. The van der Waals surface area contributed by atoms with Crippen molar-refractivity contribution in [1.82, 2.24) is 4.90 Å². The van der Waals surface area contributed by atoms with Gasteiger partial charge in [-0.05, 0) is 43.7 Å². The highest BCUT2D eigenvalue weighted by Gasteiger charge is 2.28. The van der Waals surface area contributed by atoms with E-state index in [9.17, 15) is 10.1 Å². The first kappa shape index (κ1) is 27.9. The van der Waals surface area contributed by atoms with Crippen LogP contribution in [0.15, 0.2) is 36.4 Å². The van der Waals surface area contributed by atoms with Gasteiger partial charge in [0.15, 0.2) is 0 Å². The van der Waals surface area contributed by atoms with Crippen LogP contribution in [-0.2, 0) is 4.84 Å². The Morgan fingerprint density at radius 2 is 1.48 bits per heavy atom. The number of rotatable bonds is 3. The standard InChI is InChI=1S/C22H24N4O2.C2H6.CH4O.H2O/c1-16-3-5-20(18(13-16)15-23)24-7-9-25(10-8-24)22(27)19-14-17(2)4-6-21(19)26-11-12-28-26;2*1-2;/h3-6,13-14H,7-12H2,1-2H3;1-2H3;2H,1H3;1H2. The number of nitriles is 1. The number of aryl methyl sites for hydroxylation is 2. The Labute approximate surface area is 196 Å². The summed E-state index contributed by atoms with van der Waals surface area (Å²) in [5.41, 5.74) is 5.32. The third-order valence-electron chi connectivity index (χ3n) is 5.37. The maximum atomic E-state index is 13.2. The van der Waals surface area contributed by atoms with Gasteiger partial charge in [-0.2, -0.15) is 5.26 Å². The van der Waals surface area contributed by atoms with Crippen molar-refractivity contribution >= 4 is 17.3 Å². The SMILES string of the molecule is CC.CO.Cc1ccc(N2CCN(C(=O)c3cc(C)ccc3N3CCO3)CC2)c(C#N)c1.O. The van der Waals surface area contributed by atoms with E-state index in [1.54, 1.807) is 5.06 Å². The minimum atomic E-state index is 0. The van der Waals surface area contributed by atoms with Gasteiger partial charge >= 0.3 is 0 Å². The first-order valence-corrected chi connectivity index (χ1v) is 11.1. The van der Waals surface area contributed by atoms with Gasteiger partial charge in [-0.25, -0.2) is 0 Å². The predicted molar refractivity (Wildman–Crippen MR) is 132 cm³/mol. The van der Waals surface area contributed by atoms with E-state index >= 15 is 0 Å². The summed E-state index contributed by atoms with van der Waals surface area (Å²) in [7, 11) is 1.00. The topological polar surface area (TPSA) is 112 Å². The van der Waals surface area contributed by atoms with E-state index in [1.807, 2.05) is 69.0 Å². The number of carbonyl (C=O) groups excluding carboxylic acids is 1. The summed E-state index contributed by atoms with van der Waals surface area (Å²) in [5, 5.41) is 18.2. The summed E-state index contributed by atoms with van der Waals surface area (Å²) in [6.07, 6.45) is 0. The summed E-state index contributed by atoms with van der Waals surface area (Å²) in [4.78, 5) is 22.8. The molecule has 8 heteroatoms. The molecule has 0 aromatic heterocycles. The van der Waals surface area contributed by atoms with Gasteiger partial charge in [-0.3, -0.25) is 14.7 Å². The van der Waals surface area contributed by atoms with Gasteiger partial charge in [0.25, 0.3) is 5.91 Å². The second-order valence-electron chi connectivity index (χ2n) is 7.37. The van der Waals surface area contributed by atoms with E-state index < -0.39 is 0 Å². The van der Waals surface area contributed by atoms with Crippen molar-refractivity contribution in [2.24, 2.45) is 0 Å². The molecule has 2 fully saturated rings. The molecule has 8 nitrogen and oxygen atoms in total. The summed E-state index contributed by atoms with van der Waals surface area (Å²) in [5.74, 6) is 0.0401. The second-order valence-corrected chi connectivity index (χ2v) is 7.37. The lowest BCUT2D eigenvalue weighted by Crippen LogP contribution is -2.49. The zero-order chi connectivity index (χ0) is 23.7. The van der Waals surface area contributed by atoms with Crippen LogP contribution < -0.4 is 9.96 Å². The van der Waals surface area contributed by atoms with Crippen molar-refractivity contribution in [2.45, 2.75) is 27.7 Å². The summed E-state index contributed by atoms with van der Waals surface area (Å²) < 4.78 is 0. The molecule has 4 rings (SSSR count). The van der Waals surface area contributed by atoms with Crippen LogP contribution in [0.4, 0.5) is 11.4 Å². The van der Waals surface area contributed by atoms with E-state index in [2.05, 4.69) is 11.0 Å². The Bertz CT molecular complexity index is 946. The van der Waals surface area contributed by atoms with E-state index in [1.165, 1.54) is 0 Å². The van der Waals surface area contributed by atoms with Crippen LogP contribution >= 0.6 is 0 Å². The van der Waals surface area contributed by atoms with Gasteiger partial charge in [0, 0.05) is 33.3 Å². The Hall–Kier alpha value is -3.12. The van der Waals surface area contributed by atoms with E-state index in [0.717, 1.165) is 36.2 Å². The van der Waals surface area contributed by atoms with Crippen molar-refractivity contribution in [1.29, 1.82) is 5.26 Å². The van der Waals surface area contributed by atoms with E-state index in [0.29, 0.717) is 43.9 Å². The van der Waals surface area contributed by atoms with Gasteiger partial charge in [0.05, 0.1) is 35.7 Å². The molecular formula is C25H36N4O4. The number of aliphatic hydroxyl groups is 1. The lowest BCUT2D eigenvalue weighted by atomic mass is 10.1. The lowest BCUT2D eigenvalue weighted by molar-refractivity contribution is 0.0246. The third kappa shape index (κ3) is 6.45. The van der Waals surface area contributed by atoms with Crippen LogP contribution in [0.2, 0.25) is 0 Å². The van der Waals surface area contributed by atoms with Crippen LogP contribution in [0.1, 0.15) is 40.9 Å². The normalized spacial score (nSPS) is 14.4.